The molecule has 0 fully saturated rings. The molecule has 0 aromatic heterocycles. The lowest BCUT2D eigenvalue weighted by atomic mass is 10.3. The molecule has 1 rings (SSSR count). The number of hydrogen-bond acceptors (Lipinski definition) is 3. The van der Waals surface area contributed by atoms with Crippen LogP contribution in [0.25, 0.3) is 0 Å². The third-order valence-electron chi connectivity index (χ3n) is 0.756. The average Bonchev–Trinajstić information content (AvgIpc) is 2.06. The zero-order valence-electron chi connectivity index (χ0n) is 9.06. The highest BCUT2D eigenvalue weighted by atomic mass is 32.2. The van der Waals surface area contributed by atoms with E-state index >= 15 is 0 Å². The predicted octanol–water partition coefficient (Wildman–Crippen LogP) is 2.08. The fourth-order valence-electron chi connectivity index (χ4n) is 0.428. The van der Waals surface area contributed by atoms with E-state index in [0.717, 1.165) is 12.5 Å². The highest BCUT2D eigenvalue weighted by molar-refractivity contribution is 7.89. The maximum Gasteiger partial charge on any atom is 0.144 e. The van der Waals surface area contributed by atoms with Crippen molar-refractivity contribution >= 4 is 9.84 Å². The first-order valence-electron chi connectivity index (χ1n) is 4.28. The molecule has 0 unspecified atom stereocenters. The van der Waals surface area contributed by atoms with Gasteiger partial charge in [-0.3, -0.25) is 0 Å². The predicted molar refractivity (Wildman–Crippen MR) is 60.2 cm³/mol. The first kappa shape index (κ1) is 15.4. The Morgan fingerprint density at radius 1 is 1.00 bits per heavy atom. The van der Waals surface area contributed by atoms with Crippen molar-refractivity contribution in [1.29, 1.82) is 0 Å². The molecule has 0 amide bonds. The van der Waals surface area contributed by atoms with Crippen LogP contribution in [0.15, 0.2) is 30.3 Å². The Morgan fingerprint density at radius 2 is 1.29 bits per heavy atom. The molecule has 82 valence electrons. The van der Waals surface area contributed by atoms with E-state index in [-0.39, 0.29) is 0 Å². The molecule has 1 aromatic carbocycles. The van der Waals surface area contributed by atoms with Crippen molar-refractivity contribution in [2.75, 3.05) is 12.5 Å². The van der Waals surface area contributed by atoms with Gasteiger partial charge in [0, 0.05) is 12.5 Å². The van der Waals surface area contributed by atoms with Crippen LogP contribution in [0.5, 0.6) is 5.75 Å². The molecule has 0 saturated carbocycles. The lowest BCUT2D eigenvalue weighted by molar-refractivity contribution is 0.475. The summed E-state index contributed by atoms with van der Waals surface area (Å²) >= 11 is 0. The van der Waals surface area contributed by atoms with Gasteiger partial charge in [0.05, 0.1) is 0 Å². The summed E-state index contributed by atoms with van der Waals surface area (Å²) in [6.45, 7) is 4.00. The maximum atomic E-state index is 9.63. The van der Waals surface area contributed by atoms with Crippen molar-refractivity contribution in [3.63, 3.8) is 0 Å². The number of hydrogen-bond donors (Lipinski definition) is 1. The Morgan fingerprint density at radius 3 is 1.43 bits per heavy atom. The molecule has 3 nitrogen and oxygen atoms in total. The lowest BCUT2D eigenvalue weighted by Gasteiger charge is -1.82. The Kier molecular flexibility index (Phi) is 9.45. The molecule has 0 radical (unpaired) electrons. The van der Waals surface area contributed by atoms with Gasteiger partial charge >= 0.3 is 0 Å². The number of sulfone groups is 1. The van der Waals surface area contributed by atoms with Crippen LogP contribution in [0, 0.1) is 0 Å². The second-order valence-electron chi connectivity index (χ2n) is 2.48. The summed E-state index contributed by atoms with van der Waals surface area (Å²) in [4.78, 5) is 0. The summed E-state index contributed by atoms with van der Waals surface area (Å²) < 4.78 is 19.3. The summed E-state index contributed by atoms with van der Waals surface area (Å²) in [6.07, 6.45) is 2.32. The minimum Gasteiger partial charge on any atom is -0.508 e. The van der Waals surface area contributed by atoms with E-state index in [1.165, 1.54) is 0 Å². The van der Waals surface area contributed by atoms with Gasteiger partial charge in [0.15, 0.2) is 0 Å². The largest absolute Gasteiger partial charge is 0.508 e. The molecular formula is C10H18O3S. The van der Waals surface area contributed by atoms with E-state index in [0.29, 0.717) is 5.75 Å². The van der Waals surface area contributed by atoms with Crippen molar-refractivity contribution in [2.24, 2.45) is 0 Å². The zero-order chi connectivity index (χ0) is 11.6. The molecule has 0 aliphatic rings. The molecule has 0 bridgehead atoms. The van der Waals surface area contributed by atoms with Crippen LogP contribution >= 0.6 is 0 Å². The minimum atomic E-state index is -2.67. The van der Waals surface area contributed by atoms with Crippen LogP contribution in [0.1, 0.15) is 13.8 Å². The van der Waals surface area contributed by atoms with Gasteiger partial charge in [-0.05, 0) is 12.1 Å². The van der Waals surface area contributed by atoms with Crippen LogP contribution in [0.3, 0.4) is 0 Å². The number of benzene rings is 1. The van der Waals surface area contributed by atoms with Crippen LogP contribution in [-0.2, 0) is 9.84 Å². The molecule has 14 heavy (non-hydrogen) atoms. The Hall–Kier alpha value is -1.03. The number of phenols is 1. The van der Waals surface area contributed by atoms with Crippen molar-refractivity contribution in [3.8, 4) is 5.75 Å². The Labute approximate surface area is 86.3 Å². The minimum absolute atomic E-state index is 0.322. The van der Waals surface area contributed by atoms with Crippen molar-refractivity contribution in [3.05, 3.63) is 30.3 Å². The molecule has 1 aromatic rings. The summed E-state index contributed by atoms with van der Waals surface area (Å²) in [7, 11) is -2.67. The van der Waals surface area contributed by atoms with Crippen molar-refractivity contribution < 1.29 is 13.5 Å². The van der Waals surface area contributed by atoms with Gasteiger partial charge in [0.1, 0.15) is 15.6 Å². The number of rotatable bonds is 0. The maximum absolute atomic E-state index is 9.63. The van der Waals surface area contributed by atoms with Crippen LogP contribution in [0.2, 0.25) is 0 Å². The first-order chi connectivity index (χ1) is 6.39. The van der Waals surface area contributed by atoms with Crippen molar-refractivity contribution in [1.82, 2.24) is 0 Å². The Bertz CT molecular complexity index is 295. The third kappa shape index (κ3) is 22.4. The summed E-state index contributed by atoms with van der Waals surface area (Å²) in [6, 6.07) is 8.71. The number of para-hydroxylation sites is 1. The van der Waals surface area contributed by atoms with E-state index in [4.69, 9.17) is 5.11 Å². The molecule has 1 N–H and O–H groups in total. The lowest BCUT2D eigenvalue weighted by Crippen LogP contribution is -1.86. The van der Waals surface area contributed by atoms with E-state index in [2.05, 4.69) is 0 Å². The third-order valence-corrected chi connectivity index (χ3v) is 0.756. The number of phenolic OH excluding ortho intramolecular Hbond substituents is 1. The zero-order valence-corrected chi connectivity index (χ0v) is 9.88. The highest BCUT2D eigenvalue weighted by Crippen LogP contribution is 2.02. The van der Waals surface area contributed by atoms with Crippen LogP contribution < -0.4 is 0 Å². The van der Waals surface area contributed by atoms with E-state index in [1.807, 2.05) is 19.9 Å². The van der Waals surface area contributed by atoms with Gasteiger partial charge in [-0.1, -0.05) is 32.0 Å². The standard InChI is InChI=1S/C6H6O.C2H6O2S.C2H6/c7-6-4-2-1-3-5-6;1-5(2,3)4;1-2/h1-5,7H;1-2H3;1-2H3. The normalized spacial score (nSPS) is 8.86. The average molecular weight is 218 g/mol. The summed E-state index contributed by atoms with van der Waals surface area (Å²) in [5, 5.41) is 8.63. The van der Waals surface area contributed by atoms with E-state index in [1.54, 1.807) is 24.3 Å². The Balaban J connectivity index is 0. The molecule has 0 aliphatic heterocycles. The topological polar surface area (TPSA) is 54.4 Å². The van der Waals surface area contributed by atoms with Crippen molar-refractivity contribution in [2.45, 2.75) is 13.8 Å². The van der Waals surface area contributed by atoms with Gasteiger partial charge in [-0.2, -0.15) is 0 Å². The van der Waals surface area contributed by atoms with Crippen LogP contribution in [-0.4, -0.2) is 26.0 Å². The molecule has 0 atom stereocenters. The SMILES string of the molecule is CC.CS(C)(=O)=O.Oc1ccccc1. The fraction of sp³-hybridized carbons (Fsp3) is 0.400. The quantitative estimate of drug-likeness (QED) is 0.725. The summed E-state index contributed by atoms with van der Waals surface area (Å²) in [5.41, 5.74) is 0. The van der Waals surface area contributed by atoms with E-state index in [9.17, 15) is 8.42 Å². The van der Waals surface area contributed by atoms with Gasteiger partial charge in [0.25, 0.3) is 0 Å². The highest BCUT2D eigenvalue weighted by Gasteiger charge is 1.79. The van der Waals surface area contributed by atoms with Gasteiger partial charge < -0.3 is 5.11 Å². The van der Waals surface area contributed by atoms with Gasteiger partial charge in [-0.15, -0.1) is 0 Å². The second-order valence-corrected chi connectivity index (χ2v) is 4.76. The molecule has 4 heteroatoms. The smallest absolute Gasteiger partial charge is 0.144 e. The van der Waals surface area contributed by atoms with Gasteiger partial charge in [-0.25, -0.2) is 8.42 Å². The first-order valence-corrected chi connectivity index (χ1v) is 6.58. The second kappa shape index (κ2) is 8.56. The molecular weight excluding hydrogens is 200 g/mol. The van der Waals surface area contributed by atoms with E-state index < -0.39 is 9.84 Å². The molecule has 0 aliphatic carbocycles. The molecule has 0 saturated heterocycles. The monoisotopic (exact) mass is 218 g/mol. The molecule has 0 spiro atoms. The molecule has 0 heterocycles. The number of aromatic hydroxyl groups is 1. The van der Waals surface area contributed by atoms with Crippen LogP contribution in [0.4, 0.5) is 0 Å². The summed E-state index contributed by atoms with van der Waals surface area (Å²) in [5.74, 6) is 0.322. The van der Waals surface area contributed by atoms with Gasteiger partial charge in [0.2, 0.25) is 0 Å². The fourth-order valence-corrected chi connectivity index (χ4v) is 0.428.